The summed E-state index contributed by atoms with van der Waals surface area (Å²) in [6.07, 6.45) is 0. The summed E-state index contributed by atoms with van der Waals surface area (Å²) in [5.74, 6) is 0. The molecule has 0 unspecified atom stereocenters. The predicted molar refractivity (Wildman–Crippen MR) is 235 cm³/mol. The molecule has 0 aliphatic rings. The van der Waals surface area contributed by atoms with Crippen LogP contribution in [0.2, 0.25) is 0 Å². The van der Waals surface area contributed by atoms with E-state index >= 15 is 0 Å². The molecule has 0 saturated carbocycles. The van der Waals surface area contributed by atoms with Crippen molar-refractivity contribution in [1.29, 1.82) is 0 Å². The highest BCUT2D eigenvalue weighted by atomic mass is 32.1. The fourth-order valence-corrected chi connectivity index (χ4v) is 9.47. The summed E-state index contributed by atoms with van der Waals surface area (Å²) in [5, 5.41) is 7.33. The van der Waals surface area contributed by atoms with Crippen LogP contribution < -0.4 is 4.90 Å². The summed E-state index contributed by atoms with van der Waals surface area (Å²) in [4.78, 5) is 2.38. The standard InChI is InChI=1S/C52H33NOS/c1-2-18-41-34(12-1)13-9-21-42(41)38-16-7-14-36(32-38)37-15-8-17-40(33-37)53(46-23-11-25-48-52(46)44-19-3-5-24-47(44)54-48)39-30-28-35(29-31-39)43-22-10-27-50-51(43)45-20-4-6-26-49(45)55-50/h1-33H. The van der Waals surface area contributed by atoms with E-state index in [4.69, 9.17) is 4.42 Å². The average Bonchev–Trinajstić information content (AvgIpc) is 3.83. The lowest BCUT2D eigenvalue weighted by Gasteiger charge is -2.27. The Morgan fingerprint density at radius 2 is 1.00 bits per heavy atom. The molecule has 0 spiro atoms. The molecule has 2 heterocycles. The lowest BCUT2D eigenvalue weighted by atomic mass is 9.95. The molecule has 3 heteroatoms. The van der Waals surface area contributed by atoms with Crippen LogP contribution >= 0.6 is 11.3 Å². The molecular weight excluding hydrogens is 687 g/mol. The molecule has 0 aliphatic carbocycles. The number of furan rings is 1. The molecular formula is C52H33NOS. The van der Waals surface area contributed by atoms with Crippen molar-refractivity contribution in [3.05, 3.63) is 200 Å². The Balaban J connectivity index is 1.07. The van der Waals surface area contributed by atoms with Gasteiger partial charge in [-0.3, -0.25) is 0 Å². The summed E-state index contributed by atoms with van der Waals surface area (Å²) in [6.45, 7) is 0. The SMILES string of the molecule is c1cc(-c2cccc(N(c3ccc(-c4cccc5sc6ccccc6c45)cc3)c3cccc4oc5ccccc5c34)c2)cc(-c2cccc3ccccc23)c1. The number of thiophene rings is 1. The third-order valence-electron chi connectivity index (χ3n) is 10.9. The number of fused-ring (bicyclic) bond motifs is 7. The third-order valence-corrected chi connectivity index (χ3v) is 12.0. The maximum Gasteiger partial charge on any atom is 0.137 e. The van der Waals surface area contributed by atoms with Gasteiger partial charge in [0.2, 0.25) is 0 Å². The first-order valence-electron chi connectivity index (χ1n) is 18.7. The van der Waals surface area contributed by atoms with Crippen LogP contribution in [0.4, 0.5) is 17.1 Å². The van der Waals surface area contributed by atoms with Gasteiger partial charge in [-0.15, -0.1) is 11.3 Å². The minimum absolute atomic E-state index is 0.871. The minimum Gasteiger partial charge on any atom is -0.456 e. The van der Waals surface area contributed by atoms with Crippen LogP contribution in [-0.4, -0.2) is 0 Å². The highest BCUT2D eigenvalue weighted by Gasteiger charge is 2.20. The van der Waals surface area contributed by atoms with Gasteiger partial charge in [-0.2, -0.15) is 0 Å². The summed E-state index contributed by atoms with van der Waals surface area (Å²) in [5.41, 5.74) is 12.2. The maximum atomic E-state index is 6.41. The van der Waals surface area contributed by atoms with E-state index in [1.54, 1.807) is 0 Å². The molecule has 0 amide bonds. The van der Waals surface area contributed by atoms with Crippen molar-refractivity contribution >= 4 is 81.3 Å². The molecule has 2 nitrogen and oxygen atoms in total. The van der Waals surface area contributed by atoms with Gasteiger partial charge in [0, 0.05) is 36.9 Å². The van der Waals surface area contributed by atoms with E-state index in [1.807, 2.05) is 17.4 Å². The van der Waals surface area contributed by atoms with Gasteiger partial charge in [0.15, 0.2) is 0 Å². The second-order valence-corrected chi connectivity index (χ2v) is 15.1. The molecule has 0 N–H and O–H groups in total. The number of rotatable bonds is 6. The molecule has 0 bridgehead atoms. The van der Waals surface area contributed by atoms with Gasteiger partial charge in [0.25, 0.3) is 0 Å². The Bertz CT molecular complexity index is 3220. The monoisotopic (exact) mass is 719 g/mol. The summed E-state index contributed by atoms with van der Waals surface area (Å²) < 4.78 is 9.04. The van der Waals surface area contributed by atoms with Crippen molar-refractivity contribution in [3.63, 3.8) is 0 Å². The Kier molecular flexibility index (Phi) is 7.39. The summed E-state index contributed by atoms with van der Waals surface area (Å²) in [7, 11) is 0. The van der Waals surface area contributed by atoms with Crippen LogP contribution in [0.15, 0.2) is 205 Å². The molecule has 0 aliphatic heterocycles. The molecule has 55 heavy (non-hydrogen) atoms. The van der Waals surface area contributed by atoms with Gasteiger partial charge in [0.05, 0.1) is 11.1 Å². The first-order chi connectivity index (χ1) is 27.3. The highest BCUT2D eigenvalue weighted by molar-refractivity contribution is 7.25. The van der Waals surface area contributed by atoms with E-state index in [9.17, 15) is 0 Å². The largest absolute Gasteiger partial charge is 0.456 e. The minimum atomic E-state index is 0.871. The zero-order valence-corrected chi connectivity index (χ0v) is 30.6. The zero-order chi connectivity index (χ0) is 36.3. The Morgan fingerprint density at radius 1 is 0.364 bits per heavy atom. The van der Waals surface area contributed by atoms with Crippen LogP contribution in [0.3, 0.4) is 0 Å². The molecule has 11 aromatic rings. The van der Waals surface area contributed by atoms with Crippen molar-refractivity contribution in [2.45, 2.75) is 0 Å². The van der Waals surface area contributed by atoms with Gasteiger partial charge < -0.3 is 9.32 Å². The number of para-hydroxylation sites is 1. The first-order valence-corrected chi connectivity index (χ1v) is 19.5. The van der Waals surface area contributed by atoms with Crippen molar-refractivity contribution in [3.8, 4) is 33.4 Å². The molecule has 258 valence electrons. The van der Waals surface area contributed by atoms with Gasteiger partial charge in [-0.05, 0) is 105 Å². The third kappa shape index (κ3) is 5.32. The molecule has 0 saturated heterocycles. The topological polar surface area (TPSA) is 16.4 Å². The summed E-state index contributed by atoms with van der Waals surface area (Å²) in [6, 6.07) is 72.2. The maximum absolute atomic E-state index is 6.41. The van der Waals surface area contributed by atoms with E-state index in [0.717, 1.165) is 44.6 Å². The van der Waals surface area contributed by atoms with Crippen LogP contribution in [0.25, 0.3) is 86.3 Å². The lowest BCUT2D eigenvalue weighted by molar-refractivity contribution is 0.669. The van der Waals surface area contributed by atoms with E-state index in [-0.39, 0.29) is 0 Å². The van der Waals surface area contributed by atoms with Crippen LogP contribution in [0, 0.1) is 0 Å². The fourth-order valence-electron chi connectivity index (χ4n) is 8.34. The Morgan fingerprint density at radius 3 is 1.91 bits per heavy atom. The zero-order valence-electron chi connectivity index (χ0n) is 29.8. The van der Waals surface area contributed by atoms with E-state index in [2.05, 4.69) is 199 Å². The second kappa shape index (κ2) is 12.9. The molecule has 0 radical (unpaired) electrons. The molecule has 11 rings (SSSR count). The molecule has 2 aromatic heterocycles. The first kappa shape index (κ1) is 31.6. The fraction of sp³-hybridized carbons (Fsp3) is 0. The number of benzene rings is 9. The van der Waals surface area contributed by atoms with E-state index in [1.165, 1.54) is 58.8 Å². The Hall–Kier alpha value is -6.94. The molecule has 9 aromatic carbocycles. The van der Waals surface area contributed by atoms with Crippen molar-refractivity contribution < 1.29 is 4.42 Å². The van der Waals surface area contributed by atoms with Crippen LogP contribution in [0.1, 0.15) is 0 Å². The number of nitrogens with zero attached hydrogens (tertiary/aromatic N) is 1. The van der Waals surface area contributed by atoms with Crippen molar-refractivity contribution in [2.24, 2.45) is 0 Å². The summed E-state index contributed by atoms with van der Waals surface area (Å²) >= 11 is 1.86. The van der Waals surface area contributed by atoms with E-state index < -0.39 is 0 Å². The normalized spacial score (nSPS) is 11.6. The van der Waals surface area contributed by atoms with Crippen LogP contribution in [0.5, 0.6) is 0 Å². The molecule has 0 atom stereocenters. The van der Waals surface area contributed by atoms with Gasteiger partial charge in [-0.1, -0.05) is 140 Å². The molecule has 0 fully saturated rings. The van der Waals surface area contributed by atoms with Gasteiger partial charge in [0.1, 0.15) is 11.2 Å². The lowest BCUT2D eigenvalue weighted by Crippen LogP contribution is -2.10. The van der Waals surface area contributed by atoms with Crippen molar-refractivity contribution in [1.82, 2.24) is 0 Å². The number of hydrogen-bond donors (Lipinski definition) is 0. The van der Waals surface area contributed by atoms with Crippen molar-refractivity contribution in [2.75, 3.05) is 4.90 Å². The van der Waals surface area contributed by atoms with E-state index in [0.29, 0.717) is 0 Å². The van der Waals surface area contributed by atoms with Gasteiger partial charge >= 0.3 is 0 Å². The predicted octanol–water partition coefficient (Wildman–Crippen LogP) is 15.6. The Labute approximate surface area is 322 Å². The van der Waals surface area contributed by atoms with Crippen LogP contribution in [-0.2, 0) is 0 Å². The highest BCUT2D eigenvalue weighted by Crippen LogP contribution is 2.45. The van der Waals surface area contributed by atoms with Gasteiger partial charge in [-0.25, -0.2) is 0 Å². The smallest absolute Gasteiger partial charge is 0.137 e. The number of hydrogen-bond acceptors (Lipinski definition) is 3. The second-order valence-electron chi connectivity index (χ2n) is 14.1. The number of anilines is 3. The quantitative estimate of drug-likeness (QED) is 0.170. The average molecular weight is 720 g/mol.